The van der Waals surface area contributed by atoms with Crippen LogP contribution in [-0.4, -0.2) is 27.1 Å². The molecule has 0 bridgehead atoms. The Hall–Kier alpha value is -4.70. The summed E-state index contributed by atoms with van der Waals surface area (Å²) in [6, 6.07) is 11.3. The minimum Gasteiger partial charge on any atom is -0.419 e. The quantitative estimate of drug-likeness (QED) is 0.263. The number of carbonyl (C=O) groups excluding carboxylic acids is 1. The molecule has 0 radical (unpaired) electrons. The number of hydrogen-bond acceptors (Lipinski definition) is 7. The number of benzene rings is 2. The first-order valence-corrected chi connectivity index (χ1v) is 13.1. The Morgan fingerprint density at radius 1 is 1.12 bits per heavy atom. The third-order valence-electron chi connectivity index (χ3n) is 7.16. The van der Waals surface area contributed by atoms with Gasteiger partial charge in [0.1, 0.15) is 11.2 Å². The number of nitrogens with zero attached hydrogens (tertiary/aromatic N) is 5. The minimum atomic E-state index is -3.64. The van der Waals surface area contributed by atoms with Gasteiger partial charge >= 0.3 is 0 Å². The highest BCUT2D eigenvalue weighted by Gasteiger charge is 2.45. The molecule has 2 aromatic heterocycles. The average molecular weight is 597 g/mol. The van der Waals surface area contributed by atoms with Crippen molar-refractivity contribution in [1.82, 2.24) is 15.2 Å². The predicted molar refractivity (Wildman–Crippen MR) is 145 cm³/mol. The number of pyridine rings is 1. The fourth-order valence-corrected chi connectivity index (χ4v) is 4.62. The zero-order chi connectivity index (χ0) is 31.3. The molecule has 1 amide bonds. The monoisotopic (exact) mass is 596 g/mol. The molecule has 0 unspecified atom stereocenters. The van der Waals surface area contributed by atoms with Crippen molar-refractivity contribution in [3.63, 3.8) is 0 Å². The van der Waals surface area contributed by atoms with E-state index in [1.54, 1.807) is 24.3 Å². The fourth-order valence-electron chi connectivity index (χ4n) is 4.62. The molecule has 222 valence electrons. The molecule has 43 heavy (non-hydrogen) atoms. The summed E-state index contributed by atoms with van der Waals surface area (Å²) in [4.78, 5) is 18.5. The van der Waals surface area contributed by atoms with Gasteiger partial charge in [-0.3, -0.25) is 9.78 Å². The molecule has 0 aliphatic carbocycles. The van der Waals surface area contributed by atoms with Gasteiger partial charge in [-0.15, -0.1) is 10.2 Å². The molecule has 1 aliphatic rings. The van der Waals surface area contributed by atoms with Gasteiger partial charge in [-0.05, 0) is 43.7 Å². The Morgan fingerprint density at radius 3 is 2.42 bits per heavy atom. The number of amides is 1. The van der Waals surface area contributed by atoms with Crippen LogP contribution >= 0.6 is 0 Å². The van der Waals surface area contributed by atoms with E-state index in [1.165, 1.54) is 26.0 Å². The third kappa shape index (κ3) is 5.70. The van der Waals surface area contributed by atoms with Crippen LogP contribution in [0.2, 0.25) is 0 Å². The second-order valence-corrected chi connectivity index (χ2v) is 11.0. The van der Waals surface area contributed by atoms with Crippen molar-refractivity contribution < 1.29 is 31.2 Å². The van der Waals surface area contributed by atoms with Gasteiger partial charge < -0.3 is 15.1 Å². The molecular weight excluding hydrogens is 571 g/mol. The number of alkyl halides is 4. The summed E-state index contributed by atoms with van der Waals surface area (Å²) in [5.41, 5.74) is 4.62. The highest BCUT2D eigenvalue weighted by molar-refractivity contribution is 5.99. The second-order valence-electron chi connectivity index (χ2n) is 11.0. The van der Waals surface area contributed by atoms with Crippen LogP contribution in [0.5, 0.6) is 0 Å². The lowest BCUT2D eigenvalue weighted by Gasteiger charge is -2.25. The van der Waals surface area contributed by atoms with Gasteiger partial charge in [0.05, 0.1) is 35.6 Å². The highest BCUT2D eigenvalue weighted by Crippen LogP contribution is 2.45. The van der Waals surface area contributed by atoms with Crippen molar-refractivity contribution in [3.05, 3.63) is 83.1 Å². The molecule has 3 heterocycles. The van der Waals surface area contributed by atoms with Crippen molar-refractivity contribution in [3.8, 4) is 28.8 Å². The van der Waals surface area contributed by atoms with Gasteiger partial charge in [-0.1, -0.05) is 24.3 Å². The van der Waals surface area contributed by atoms with E-state index in [0.29, 0.717) is 22.9 Å². The molecule has 8 nitrogen and oxygen atoms in total. The van der Waals surface area contributed by atoms with Crippen molar-refractivity contribution in [1.29, 1.82) is 5.26 Å². The minimum absolute atomic E-state index is 0.104. The maximum atomic E-state index is 15.3. The van der Waals surface area contributed by atoms with Crippen LogP contribution in [0.25, 0.3) is 22.7 Å². The van der Waals surface area contributed by atoms with Gasteiger partial charge in [0.25, 0.3) is 17.7 Å². The SMILES string of the molecule is CC(F)(F)c1ccc(-c2ccc(CN3C(=O)[C@@H](N)CC(F)(F)c4cc(F)c(-c5nnc(C(C)(C)C#N)o5)cc43)cc2)nc1. The topological polar surface area (TPSA) is 122 Å². The summed E-state index contributed by atoms with van der Waals surface area (Å²) in [5, 5.41) is 17.0. The number of hydrogen-bond donors (Lipinski definition) is 1. The molecule has 0 fully saturated rings. The first kappa shape index (κ1) is 29.8. The number of rotatable bonds is 6. The lowest BCUT2D eigenvalue weighted by atomic mass is 9.96. The van der Waals surface area contributed by atoms with E-state index in [-0.39, 0.29) is 35.1 Å². The van der Waals surface area contributed by atoms with E-state index in [4.69, 9.17) is 10.2 Å². The average Bonchev–Trinajstić information content (AvgIpc) is 3.44. The predicted octanol–water partition coefficient (Wildman–Crippen LogP) is 6.21. The first-order chi connectivity index (χ1) is 20.1. The molecular formula is C30H25F5N6O2. The lowest BCUT2D eigenvalue weighted by molar-refractivity contribution is -0.122. The van der Waals surface area contributed by atoms with Crippen molar-refractivity contribution in [2.24, 2.45) is 5.73 Å². The Morgan fingerprint density at radius 2 is 1.81 bits per heavy atom. The van der Waals surface area contributed by atoms with Crippen LogP contribution in [-0.2, 0) is 28.6 Å². The van der Waals surface area contributed by atoms with Crippen LogP contribution < -0.4 is 10.6 Å². The Kier molecular flexibility index (Phi) is 7.30. The summed E-state index contributed by atoms with van der Waals surface area (Å²) < 4.78 is 78.4. The molecule has 13 heteroatoms. The number of fused-ring (bicyclic) bond motifs is 1. The van der Waals surface area contributed by atoms with E-state index in [0.717, 1.165) is 24.1 Å². The molecule has 0 saturated heterocycles. The Labute approximate surface area is 243 Å². The third-order valence-corrected chi connectivity index (χ3v) is 7.16. The molecule has 0 saturated carbocycles. The first-order valence-electron chi connectivity index (χ1n) is 13.1. The Bertz CT molecular complexity index is 1720. The van der Waals surface area contributed by atoms with E-state index in [1.807, 2.05) is 6.07 Å². The van der Waals surface area contributed by atoms with E-state index in [2.05, 4.69) is 15.2 Å². The van der Waals surface area contributed by atoms with E-state index in [9.17, 15) is 18.8 Å². The normalized spacial score (nSPS) is 16.9. The van der Waals surface area contributed by atoms with Crippen molar-refractivity contribution >= 4 is 11.6 Å². The smallest absolute Gasteiger partial charge is 0.277 e. The maximum absolute atomic E-state index is 15.3. The Balaban J connectivity index is 1.52. The number of nitrogens with two attached hydrogens (primary N) is 1. The number of carbonyl (C=O) groups is 1. The van der Waals surface area contributed by atoms with Gasteiger partial charge in [-0.25, -0.2) is 22.0 Å². The summed E-state index contributed by atoms with van der Waals surface area (Å²) in [6.07, 6.45) is 0.0502. The molecule has 5 rings (SSSR count). The summed E-state index contributed by atoms with van der Waals surface area (Å²) in [6.45, 7) is 3.60. The molecule has 4 aromatic rings. The van der Waals surface area contributed by atoms with Crippen LogP contribution in [0, 0.1) is 17.1 Å². The van der Waals surface area contributed by atoms with Crippen LogP contribution in [0.4, 0.5) is 27.6 Å². The standard InChI is InChI=1S/C30H25F5N6O2/c1-28(2,15-36)27-40-39-25(43-27)19-10-24-20(11-21(19)31)30(34,35)12-22(37)26(42)41(24)14-16-4-6-17(7-5-16)23-9-8-18(13-38-23)29(3,32)33/h4-11,13,22H,12,14,37H2,1-3H3/t22-/m0/s1. The molecule has 1 aliphatic heterocycles. The second kappa shape index (κ2) is 10.5. The van der Waals surface area contributed by atoms with Gasteiger partial charge in [0.15, 0.2) is 0 Å². The zero-order valence-corrected chi connectivity index (χ0v) is 23.2. The van der Waals surface area contributed by atoms with Gasteiger partial charge in [0, 0.05) is 36.2 Å². The number of halogens is 5. The van der Waals surface area contributed by atoms with Crippen molar-refractivity contribution in [2.45, 2.75) is 57.0 Å². The number of nitriles is 1. The maximum Gasteiger partial charge on any atom is 0.277 e. The van der Waals surface area contributed by atoms with Crippen LogP contribution in [0.3, 0.4) is 0 Å². The van der Waals surface area contributed by atoms with Gasteiger partial charge in [0.2, 0.25) is 11.8 Å². The summed E-state index contributed by atoms with van der Waals surface area (Å²) >= 11 is 0. The molecule has 2 N–H and O–H groups in total. The molecule has 2 aromatic carbocycles. The summed E-state index contributed by atoms with van der Waals surface area (Å²) in [5.74, 6) is -9.04. The lowest BCUT2D eigenvalue weighted by Crippen LogP contribution is -2.43. The highest BCUT2D eigenvalue weighted by atomic mass is 19.3. The summed E-state index contributed by atoms with van der Waals surface area (Å²) in [7, 11) is 0. The largest absolute Gasteiger partial charge is 0.419 e. The van der Waals surface area contributed by atoms with E-state index < -0.39 is 47.0 Å². The van der Waals surface area contributed by atoms with Crippen LogP contribution in [0.1, 0.15) is 49.8 Å². The van der Waals surface area contributed by atoms with Crippen molar-refractivity contribution in [2.75, 3.05) is 4.90 Å². The fraction of sp³-hybridized carbons (Fsp3) is 0.300. The number of aromatic nitrogens is 3. The molecule has 1 atom stereocenters. The number of anilines is 1. The van der Waals surface area contributed by atoms with E-state index >= 15 is 13.2 Å². The molecule has 0 spiro atoms. The van der Waals surface area contributed by atoms with Gasteiger partial charge in [-0.2, -0.15) is 5.26 Å². The zero-order valence-electron chi connectivity index (χ0n) is 23.2. The van der Waals surface area contributed by atoms with Crippen LogP contribution in [0.15, 0.2) is 59.1 Å².